The lowest BCUT2D eigenvalue weighted by Gasteiger charge is -2.19. The van der Waals surface area contributed by atoms with E-state index in [9.17, 15) is 0 Å². The predicted octanol–water partition coefficient (Wildman–Crippen LogP) is 2.92. The van der Waals surface area contributed by atoms with Crippen LogP contribution in [0.2, 0.25) is 0 Å². The molecule has 4 heteroatoms. The van der Waals surface area contributed by atoms with Crippen LogP contribution in [0.4, 0.5) is 5.69 Å². The standard InChI is InChI=1S/C12H12N2OS/c1-8-7-16-12(14-8)9-2-3-11-10(6-9)13-4-5-15-11/h2-3,6-7,13H,4-5H2,1H3. The maximum atomic E-state index is 5.54. The molecule has 2 aromatic rings. The van der Waals surface area contributed by atoms with Crippen LogP contribution in [-0.2, 0) is 0 Å². The van der Waals surface area contributed by atoms with Gasteiger partial charge in [0.05, 0.1) is 5.69 Å². The Balaban J connectivity index is 2.02. The second-order valence-electron chi connectivity index (χ2n) is 3.78. The molecule has 1 aromatic carbocycles. The smallest absolute Gasteiger partial charge is 0.142 e. The lowest BCUT2D eigenvalue weighted by molar-refractivity contribution is 0.323. The summed E-state index contributed by atoms with van der Waals surface area (Å²) in [4.78, 5) is 4.48. The van der Waals surface area contributed by atoms with Crippen molar-refractivity contribution < 1.29 is 4.74 Å². The van der Waals surface area contributed by atoms with E-state index in [0.29, 0.717) is 0 Å². The molecule has 16 heavy (non-hydrogen) atoms. The lowest BCUT2D eigenvalue weighted by Crippen LogP contribution is -2.17. The summed E-state index contributed by atoms with van der Waals surface area (Å²) < 4.78 is 5.54. The van der Waals surface area contributed by atoms with E-state index in [1.165, 1.54) is 0 Å². The third-order valence-electron chi connectivity index (χ3n) is 2.52. The molecule has 82 valence electrons. The number of anilines is 1. The van der Waals surface area contributed by atoms with E-state index >= 15 is 0 Å². The number of hydrogen-bond donors (Lipinski definition) is 1. The number of aromatic nitrogens is 1. The molecule has 0 spiro atoms. The van der Waals surface area contributed by atoms with Gasteiger partial charge in [-0.1, -0.05) is 0 Å². The third kappa shape index (κ3) is 1.65. The first kappa shape index (κ1) is 9.66. The van der Waals surface area contributed by atoms with E-state index < -0.39 is 0 Å². The summed E-state index contributed by atoms with van der Waals surface area (Å²) in [5.74, 6) is 0.934. The molecule has 1 aliphatic rings. The molecule has 0 radical (unpaired) electrons. The fraction of sp³-hybridized carbons (Fsp3) is 0.250. The van der Waals surface area contributed by atoms with Crippen molar-refractivity contribution in [3.8, 4) is 16.3 Å². The number of thiazole rings is 1. The monoisotopic (exact) mass is 232 g/mol. The summed E-state index contributed by atoms with van der Waals surface area (Å²) in [6.45, 7) is 3.62. The van der Waals surface area contributed by atoms with Gasteiger partial charge < -0.3 is 10.1 Å². The molecule has 0 fully saturated rings. The minimum atomic E-state index is 0.739. The van der Waals surface area contributed by atoms with Gasteiger partial charge >= 0.3 is 0 Å². The zero-order chi connectivity index (χ0) is 11.0. The number of nitrogens with zero attached hydrogens (tertiary/aromatic N) is 1. The van der Waals surface area contributed by atoms with Crippen LogP contribution in [0.3, 0.4) is 0 Å². The molecule has 2 heterocycles. The fourth-order valence-corrected chi connectivity index (χ4v) is 2.55. The molecular formula is C12H12N2OS. The Morgan fingerprint density at radius 1 is 1.44 bits per heavy atom. The first-order chi connectivity index (χ1) is 7.83. The van der Waals surface area contributed by atoms with Gasteiger partial charge in [-0.05, 0) is 25.1 Å². The highest BCUT2D eigenvalue weighted by atomic mass is 32.1. The average Bonchev–Trinajstić information content (AvgIpc) is 2.75. The second-order valence-corrected chi connectivity index (χ2v) is 4.64. The molecule has 0 saturated carbocycles. The van der Waals surface area contributed by atoms with E-state index in [1.54, 1.807) is 11.3 Å². The van der Waals surface area contributed by atoms with Crippen LogP contribution in [-0.4, -0.2) is 18.1 Å². The van der Waals surface area contributed by atoms with Crippen LogP contribution in [0.1, 0.15) is 5.69 Å². The Hall–Kier alpha value is -1.55. The van der Waals surface area contributed by atoms with Crippen molar-refractivity contribution >= 4 is 17.0 Å². The summed E-state index contributed by atoms with van der Waals surface area (Å²) in [6.07, 6.45) is 0. The SMILES string of the molecule is Cc1csc(-c2ccc3c(c2)NCCO3)n1. The maximum Gasteiger partial charge on any atom is 0.142 e. The number of aryl methyl sites for hydroxylation is 1. The number of benzene rings is 1. The zero-order valence-corrected chi connectivity index (χ0v) is 9.80. The first-order valence-corrected chi connectivity index (χ1v) is 6.14. The molecule has 3 rings (SSSR count). The van der Waals surface area contributed by atoms with Crippen molar-refractivity contribution in [2.24, 2.45) is 0 Å². The summed E-state index contributed by atoms with van der Waals surface area (Å²) in [5.41, 5.74) is 3.29. The van der Waals surface area contributed by atoms with Gasteiger partial charge in [0.2, 0.25) is 0 Å². The Morgan fingerprint density at radius 2 is 2.38 bits per heavy atom. The van der Waals surface area contributed by atoms with Crippen LogP contribution in [0.25, 0.3) is 10.6 Å². The average molecular weight is 232 g/mol. The minimum absolute atomic E-state index is 0.739. The summed E-state index contributed by atoms with van der Waals surface area (Å²) in [5, 5.41) is 6.46. The van der Waals surface area contributed by atoms with Crippen LogP contribution in [0.5, 0.6) is 5.75 Å². The van der Waals surface area contributed by atoms with Crippen LogP contribution < -0.4 is 10.1 Å². The van der Waals surface area contributed by atoms with Gasteiger partial charge in [-0.25, -0.2) is 4.98 Å². The maximum absolute atomic E-state index is 5.54. The largest absolute Gasteiger partial charge is 0.490 e. The Morgan fingerprint density at radius 3 is 3.19 bits per heavy atom. The Bertz CT molecular complexity index is 521. The Kier molecular flexibility index (Phi) is 2.29. The van der Waals surface area contributed by atoms with Crippen molar-refractivity contribution in [1.29, 1.82) is 0 Å². The lowest BCUT2D eigenvalue weighted by atomic mass is 10.2. The van der Waals surface area contributed by atoms with Crippen LogP contribution in [0.15, 0.2) is 23.6 Å². The van der Waals surface area contributed by atoms with Gasteiger partial charge in [0.25, 0.3) is 0 Å². The number of ether oxygens (including phenoxy) is 1. The summed E-state index contributed by atoms with van der Waals surface area (Å²) >= 11 is 1.67. The van der Waals surface area contributed by atoms with Crippen molar-refractivity contribution in [2.45, 2.75) is 6.92 Å². The number of fused-ring (bicyclic) bond motifs is 1. The van der Waals surface area contributed by atoms with Gasteiger partial charge in [0.1, 0.15) is 17.4 Å². The Labute approximate surface area is 98.1 Å². The van der Waals surface area contributed by atoms with E-state index in [0.717, 1.165) is 40.9 Å². The molecule has 0 saturated heterocycles. The first-order valence-electron chi connectivity index (χ1n) is 5.26. The summed E-state index contributed by atoms with van der Waals surface area (Å²) in [7, 11) is 0. The zero-order valence-electron chi connectivity index (χ0n) is 8.99. The van der Waals surface area contributed by atoms with Gasteiger partial charge in [0, 0.05) is 23.2 Å². The van der Waals surface area contributed by atoms with Crippen molar-refractivity contribution in [2.75, 3.05) is 18.5 Å². The topological polar surface area (TPSA) is 34.1 Å². The van der Waals surface area contributed by atoms with Crippen molar-refractivity contribution in [3.63, 3.8) is 0 Å². The quantitative estimate of drug-likeness (QED) is 0.821. The highest BCUT2D eigenvalue weighted by molar-refractivity contribution is 7.13. The van der Waals surface area contributed by atoms with Gasteiger partial charge in [0.15, 0.2) is 0 Å². The molecule has 1 aromatic heterocycles. The fourth-order valence-electron chi connectivity index (χ4n) is 1.76. The molecule has 3 nitrogen and oxygen atoms in total. The molecule has 0 atom stereocenters. The van der Waals surface area contributed by atoms with E-state index in [-0.39, 0.29) is 0 Å². The van der Waals surface area contributed by atoms with Crippen LogP contribution >= 0.6 is 11.3 Å². The van der Waals surface area contributed by atoms with Gasteiger partial charge in [-0.15, -0.1) is 11.3 Å². The molecule has 1 aliphatic heterocycles. The van der Waals surface area contributed by atoms with E-state index in [2.05, 4.69) is 27.8 Å². The molecule has 0 bridgehead atoms. The minimum Gasteiger partial charge on any atom is -0.490 e. The van der Waals surface area contributed by atoms with E-state index in [1.807, 2.05) is 13.0 Å². The normalized spacial score (nSPS) is 13.8. The number of rotatable bonds is 1. The van der Waals surface area contributed by atoms with Crippen LogP contribution in [0, 0.1) is 6.92 Å². The third-order valence-corrected chi connectivity index (χ3v) is 3.53. The van der Waals surface area contributed by atoms with Gasteiger partial charge in [-0.3, -0.25) is 0 Å². The van der Waals surface area contributed by atoms with Gasteiger partial charge in [-0.2, -0.15) is 0 Å². The van der Waals surface area contributed by atoms with Crippen molar-refractivity contribution in [3.05, 3.63) is 29.3 Å². The van der Waals surface area contributed by atoms with E-state index in [4.69, 9.17) is 4.74 Å². The highest BCUT2D eigenvalue weighted by Crippen LogP contribution is 2.33. The predicted molar refractivity (Wildman–Crippen MR) is 66.3 cm³/mol. The molecule has 1 N–H and O–H groups in total. The van der Waals surface area contributed by atoms with Crippen molar-refractivity contribution in [1.82, 2.24) is 4.98 Å². The molecule has 0 aliphatic carbocycles. The second kappa shape index (κ2) is 3.79. The number of hydrogen-bond acceptors (Lipinski definition) is 4. The molecule has 0 amide bonds. The molecule has 0 unspecified atom stereocenters. The number of nitrogens with one attached hydrogen (secondary N) is 1. The highest BCUT2D eigenvalue weighted by Gasteiger charge is 2.11. The summed E-state index contributed by atoms with van der Waals surface area (Å²) in [6, 6.07) is 6.17. The molecular weight excluding hydrogens is 220 g/mol.